The van der Waals surface area contributed by atoms with Crippen molar-refractivity contribution in [1.29, 1.82) is 0 Å². The van der Waals surface area contributed by atoms with Crippen LogP contribution in [0.2, 0.25) is 0 Å². The Morgan fingerprint density at radius 1 is 1.24 bits per heavy atom. The van der Waals surface area contributed by atoms with Crippen molar-refractivity contribution in [2.75, 3.05) is 6.54 Å². The Morgan fingerprint density at radius 2 is 1.93 bits per heavy atom. The van der Waals surface area contributed by atoms with Crippen LogP contribution < -0.4 is 21.9 Å². The molecule has 0 radical (unpaired) electrons. The topological polar surface area (TPSA) is 126 Å². The highest BCUT2D eigenvalue weighted by Gasteiger charge is 2.22. The summed E-state index contributed by atoms with van der Waals surface area (Å²) in [6.07, 6.45) is 2.22. The second-order valence-corrected chi connectivity index (χ2v) is 7.36. The van der Waals surface area contributed by atoms with E-state index in [2.05, 4.69) is 33.1 Å². The van der Waals surface area contributed by atoms with E-state index in [1.807, 2.05) is 24.3 Å². The van der Waals surface area contributed by atoms with Gasteiger partial charge in [0.05, 0.1) is 12.4 Å². The number of aromatic nitrogens is 1. The molecule has 1 aromatic heterocycles. The molecule has 8 nitrogen and oxygen atoms in total. The van der Waals surface area contributed by atoms with Crippen molar-refractivity contribution in [3.63, 3.8) is 0 Å². The summed E-state index contributed by atoms with van der Waals surface area (Å²) in [7, 11) is 0. The van der Waals surface area contributed by atoms with E-state index >= 15 is 0 Å². The zero-order valence-electron chi connectivity index (χ0n) is 15.7. The third kappa shape index (κ3) is 6.79. The highest BCUT2D eigenvalue weighted by Crippen LogP contribution is 2.11. The first-order valence-corrected chi connectivity index (χ1v) is 9.73. The van der Waals surface area contributed by atoms with Gasteiger partial charge in [-0.2, -0.15) is 0 Å². The van der Waals surface area contributed by atoms with Crippen LogP contribution in [-0.2, 0) is 11.3 Å². The van der Waals surface area contributed by atoms with Crippen LogP contribution in [0.15, 0.2) is 64.3 Å². The molecule has 1 aromatic carbocycles. The van der Waals surface area contributed by atoms with Gasteiger partial charge in [-0.15, -0.1) is 0 Å². The Hall–Kier alpha value is -3.07. The molecule has 0 bridgehead atoms. The van der Waals surface area contributed by atoms with Gasteiger partial charge in [-0.25, -0.2) is 4.79 Å². The van der Waals surface area contributed by atoms with Gasteiger partial charge in [-0.05, 0) is 42.7 Å². The summed E-state index contributed by atoms with van der Waals surface area (Å²) in [6.45, 7) is 4.22. The van der Waals surface area contributed by atoms with Crippen molar-refractivity contribution in [3.8, 4) is 0 Å². The molecule has 0 spiro atoms. The molecule has 154 valence electrons. The van der Waals surface area contributed by atoms with Crippen LogP contribution in [-0.4, -0.2) is 34.1 Å². The van der Waals surface area contributed by atoms with Crippen molar-refractivity contribution in [2.24, 2.45) is 5.73 Å². The Morgan fingerprint density at radius 3 is 2.55 bits per heavy atom. The number of hydrogen-bond acceptors (Lipinski definition) is 5. The predicted molar refractivity (Wildman–Crippen MR) is 113 cm³/mol. The van der Waals surface area contributed by atoms with Crippen molar-refractivity contribution in [1.82, 2.24) is 15.2 Å². The zero-order valence-corrected chi connectivity index (χ0v) is 17.3. The van der Waals surface area contributed by atoms with Gasteiger partial charge in [0.2, 0.25) is 0 Å². The van der Waals surface area contributed by atoms with E-state index in [1.54, 1.807) is 12.3 Å². The van der Waals surface area contributed by atoms with Gasteiger partial charge in [0.1, 0.15) is 11.6 Å². The fourth-order valence-corrected chi connectivity index (χ4v) is 2.93. The molecule has 0 aliphatic rings. The van der Waals surface area contributed by atoms with Gasteiger partial charge in [-0.3, -0.25) is 9.59 Å². The molecule has 1 atom stereocenters. The molecule has 1 amide bonds. The van der Waals surface area contributed by atoms with Crippen molar-refractivity contribution < 1.29 is 14.7 Å². The van der Waals surface area contributed by atoms with Gasteiger partial charge in [0, 0.05) is 17.2 Å². The smallest absolute Gasteiger partial charge is 0.326 e. The number of carboxylic acids is 1. The number of carbonyl (C=O) groups excluding carboxylic acids is 1. The van der Waals surface area contributed by atoms with E-state index in [1.165, 1.54) is 10.6 Å². The molecule has 5 N–H and O–H groups in total. The number of hydrogen-bond donors (Lipinski definition) is 4. The van der Waals surface area contributed by atoms with Crippen LogP contribution in [0, 0.1) is 0 Å². The number of halogens is 1. The molecular formula is C20H23BrN4O4. The van der Waals surface area contributed by atoms with Gasteiger partial charge in [0.25, 0.3) is 11.5 Å². The first-order valence-electron chi connectivity index (χ1n) is 8.93. The fourth-order valence-electron chi connectivity index (χ4n) is 2.67. The van der Waals surface area contributed by atoms with E-state index in [9.17, 15) is 19.5 Å². The number of carbonyl (C=O) groups is 2. The Balaban J connectivity index is 2.08. The van der Waals surface area contributed by atoms with Crippen LogP contribution >= 0.6 is 15.9 Å². The van der Waals surface area contributed by atoms with E-state index < -0.39 is 23.5 Å². The molecular weight excluding hydrogens is 440 g/mol. The molecule has 9 heteroatoms. The van der Waals surface area contributed by atoms with E-state index in [0.717, 1.165) is 10.0 Å². The maximum atomic E-state index is 12.7. The highest BCUT2D eigenvalue weighted by molar-refractivity contribution is 9.10. The van der Waals surface area contributed by atoms with Crippen molar-refractivity contribution in [3.05, 3.63) is 80.9 Å². The second kappa shape index (κ2) is 10.5. The summed E-state index contributed by atoms with van der Waals surface area (Å²) >= 11 is 3.36. The Labute approximate surface area is 176 Å². The van der Waals surface area contributed by atoms with E-state index in [-0.39, 0.29) is 17.8 Å². The van der Waals surface area contributed by atoms with Gasteiger partial charge >= 0.3 is 5.97 Å². The number of amides is 1. The molecule has 2 rings (SSSR count). The first-order chi connectivity index (χ1) is 13.8. The van der Waals surface area contributed by atoms with Gasteiger partial charge in [-0.1, -0.05) is 34.6 Å². The average Bonchev–Trinajstić information content (AvgIpc) is 2.67. The molecule has 1 unspecified atom stereocenters. The first kappa shape index (κ1) is 22.2. The normalized spacial score (nSPS) is 11.5. The number of nitrogens with one attached hydrogen (secondary N) is 2. The third-order valence-electron chi connectivity index (χ3n) is 4.16. The lowest BCUT2D eigenvalue weighted by Crippen LogP contribution is -2.43. The average molecular weight is 463 g/mol. The molecule has 0 saturated heterocycles. The van der Waals surface area contributed by atoms with Crippen LogP contribution in [0.5, 0.6) is 0 Å². The number of nitrogens with zero attached hydrogens (tertiary/aromatic N) is 1. The van der Waals surface area contributed by atoms with E-state index in [0.29, 0.717) is 19.5 Å². The minimum Gasteiger partial charge on any atom is -0.480 e. The fraction of sp³-hybridized carbons (Fsp3) is 0.250. The number of benzene rings is 1. The lowest BCUT2D eigenvalue weighted by molar-refractivity contribution is -0.139. The van der Waals surface area contributed by atoms with Gasteiger partial charge in [0.15, 0.2) is 0 Å². The van der Waals surface area contributed by atoms with Crippen LogP contribution in [0.3, 0.4) is 0 Å². The SMILES string of the molecule is C=C(N)NCCCC(NC(=O)c1cccn(Cc2ccc(Br)cc2)c1=O)C(=O)O. The Kier molecular flexibility index (Phi) is 8.02. The van der Waals surface area contributed by atoms with Crippen LogP contribution in [0.25, 0.3) is 0 Å². The third-order valence-corrected chi connectivity index (χ3v) is 4.68. The molecule has 0 aliphatic carbocycles. The maximum Gasteiger partial charge on any atom is 0.326 e. The monoisotopic (exact) mass is 462 g/mol. The molecule has 0 fully saturated rings. The number of rotatable bonds is 10. The lowest BCUT2D eigenvalue weighted by atomic mass is 10.1. The summed E-state index contributed by atoms with van der Waals surface area (Å²) in [5.74, 6) is -1.60. The molecule has 29 heavy (non-hydrogen) atoms. The minimum atomic E-state index is -1.17. The van der Waals surface area contributed by atoms with Crippen LogP contribution in [0.4, 0.5) is 0 Å². The second-order valence-electron chi connectivity index (χ2n) is 6.44. The summed E-state index contributed by atoms with van der Waals surface area (Å²) < 4.78 is 2.33. The summed E-state index contributed by atoms with van der Waals surface area (Å²) in [5.41, 5.74) is 5.69. The molecule has 2 aromatic rings. The maximum absolute atomic E-state index is 12.7. The standard InChI is InChI=1S/C20H23BrN4O4/c1-13(22)23-10-2-5-17(20(28)29)24-18(26)16-4-3-11-25(19(16)27)12-14-6-8-15(21)9-7-14/h3-4,6-9,11,17,23H,1-2,5,10,12,22H2,(H,24,26)(H,28,29). The number of nitrogens with two attached hydrogens (primary N) is 1. The largest absolute Gasteiger partial charge is 0.480 e. The van der Waals surface area contributed by atoms with Crippen molar-refractivity contribution in [2.45, 2.75) is 25.4 Å². The predicted octanol–water partition coefficient (Wildman–Crippen LogP) is 1.64. The van der Waals surface area contributed by atoms with E-state index in [4.69, 9.17) is 5.73 Å². The van der Waals surface area contributed by atoms with Crippen LogP contribution in [0.1, 0.15) is 28.8 Å². The Bertz CT molecular complexity index is 940. The highest BCUT2D eigenvalue weighted by atomic mass is 79.9. The summed E-state index contributed by atoms with van der Waals surface area (Å²) in [5, 5.41) is 14.6. The number of carboxylic acid groups (broad SMARTS) is 1. The van der Waals surface area contributed by atoms with Crippen molar-refractivity contribution >= 4 is 27.8 Å². The number of pyridine rings is 1. The summed E-state index contributed by atoms with van der Waals surface area (Å²) in [4.78, 5) is 36.7. The quantitative estimate of drug-likeness (QED) is 0.397. The zero-order chi connectivity index (χ0) is 21.4. The number of aliphatic carboxylic acids is 1. The molecule has 1 heterocycles. The lowest BCUT2D eigenvalue weighted by Gasteiger charge is -2.15. The molecule has 0 saturated carbocycles. The minimum absolute atomic E-state index is 0.107. The van der Waals surface area contributed by atoms with Gasteiger partial charge < -0.3 is 26.0 Å². The summed E-state index contributed by atoms with van der Waals surface area (Å²) in [6, 6.07) is 9.32. The molecule has 0 aliphatic heterocycles.